The van der Waals surface area contributed by atoms with Crippen molar-refractivity contribution < 1.29 is 19.0 Å². The summed E-state index contributed by atoms with van der Waals surface area (Å²) in [6.07, 6.45) is 0. The van der Waals surface area contributed by atoms with Crippen LogP contribution in [-0.2, 0) is 5.41 Å². The van der Waals surface area contributed by atoms with Crippen molar-refractivity contribution in [3.8, 4) is 17.2 Å². The molecule has 0 radical (unpaired) electrons. The summed E-state index contributed by atoms with van der Waals surface area (Å²) in [5.74, 6) is 1.84. The van der Waals surface area contributed by atoms with E-state index in [9.17, 15) is 4.79 Å². The van der Waals surface area contributed by atoms with Gasteiger partial charge in [-0.15, -0.1) is 0 Å². The van der Waals surface area contributed by atoms with E-state index >= 15 is 0 Å². The molecule has 5 nitrogen and oxygen atoms in total. The van der Waals surface area contributed by atoms with Gasteiger partial charge in [-0.3, -0.25) is 4.79 Å². The Morgan fingerprint density at radius 2 is 1.54 bits per heavy atom. The predicted molar refractivity (Wildman–Crippen MR) is 112 cm³/mol. The topological polar surface area (TPSA) is 56.8 Å². The predicted octanol–water partition coefficient (Wildman–Crippen LogP) is 4.59. The van der Waals surface area contributed by atoms with E-state index in [4.69, 9.17) is 14.2 Å². The summed E-state index contributed by atoms with van der Waals surface area (Å²) in [5, 5.41) is 2.87. The summed E-state index contributed by atoms with van der Waals surface area (Å²) in [6, 6.07) is 13.3. The molecule has 5 heteroatoms. The monoisotopic (exact) mass is 385 g/mol. The maximum atomic E-state index is 12.4. The molecule has 0 atom stereocenters. The van der Waals surface area contributed by atoms with Crippen molar-refractivity contribution in [3.05, 3.63) is 53.6 Å². The van der Waals surface area contributed by atoms with Crippen molar-refractivity contribution in [2.24, 2.45) is 0 Å². The summed E-state index contributed by atoms with van der Waals surface area (Å²) in [7, 11) is 0. The van der Waals surface area contributed by atoms with Crippen molar-refractivity contribution in [2.75, 3.05) is 26.4 Å². The first-order chi connectivity index (χ1) is 13.3. The molecule has 0 aliphatic carbocycles. The second-order valence-electron chi connectivity index (χ2n) is 7.41. The second-order valence-corrected chi connectivity index (χ2v) is 7.41. The highest BCUT2D eigenvalue weighted by atomic mass is 16.5. The molecule has 0 aromatic heterocycles. The lowest BCUT2D eigenvalue weighted by molar-refractivity contribution is 0.0946. The van der Waals surface area contributed by atoms with Crippen molar-refractivity contribution >= 4 is 5.91 Å². The molecule has 2 aromatic rings. The molecule has 0 heterocycles. The van der Waals surface area contributed by atoms with Crippen LogP contribution in [0.4, 0.5) is 0 Å². The summed E-state index contributed by atoms with van der Waals surface area (Å²) < 4.78 is 16.8. The minimum atomic E-state index is -0.171. The molecule has 0 saturated heterocycles. The van der Waals surface area contributed by atoms with E-state index in [1.807, 2.05) is 26.0 Å². The van der Waals surface area contributed by atoms with Gasteiger partial charge in [0.05, 0.1) is 19.8 Å². The van der Waals surface area contributed by atoms with Crippen molar-refractivity contribution in [2.45, 2.75) is 40.0 Å². The van der Waals surface area contributed by atoms with Crippen molar-refractivity contribution in [3.63, 3.8) is 0 Å². The Bertz CT molecular complexity index is 763. The SMILES string of the molecule is CCOc1ccc(C(=O)NCCOc2ccc(C(C)(C)C)cc2)cc1OCC. The van der Waals surface area contributed by atoms with E-state index in [2.05, 4.69) is 38.2 Å². The summed E-state index contributed by atoms with van der Waals surface area (Å²) in [5.41, 5.74) is 1.90. The first kappa shape index (κ1) is 21.6. The van der Waals surface area contributed by atoms with Crippen LogP contribution in [0.3, 0.4) is 0 Å². The molecule has 2 rings (SSSR count). The van der Waals surface area contributed by atoms with Crippen LogP contribution in [-0.4, -0.2) is 32.3 Å². The first-order valence-corrected chi connectivity index (χ1v) is 9.76. The fourth-order valence-electron chi connectivity index (χ4n) is 2.68. The summed E-state index contributed by atoms with van der Waals surface area (Å²) >= 11 is 0. The van der Waals surface area contributed by atoms with Gasteiger partial charge in [-0.25, -0.2) is 0 Å². The lowest BCUT2D eigenvalue weighted by atomic mass is 9.87. The molecule has 0 bridgehead atoms. The van der Waals surface area contributed by atoms with Gasteiger partial charge in [-0.2, -0.15) is 0 Å². The number of ether oxygens (including phenoxy) is 3. The zero-order valence-electron chi connectivity index (χ0n) is 17.5. The smallest absolute Gasteiger partial charge is 0.251 e. The number of amides is 1. The van der Waals surface area contributed by atoms with E-state index in [-0.39, 0.29) is 11.3 Å². The fourth-order valence-corrected chi connectivity index (χ4v) is 2.68. The molecular weight excluding hydrogens is 354 g/mol. The van der Waals surface area contributed by atoms with Gasteiger partial charge in [0.1, 0.15) is 12.4 Å². The molecule has 0 aliphatic rings. The molecule has 1 amide bonds. The van der Waals surface area contributed by atoms with Crippen LogP contribution in [0.15, 0.2) is 42.5 Å². The Balaban J connectivity index is 1.86. The van der Waals surface area contributed by atoms with E-state index in [1.54, 1.807) is 18.2 Å². The fraction of sp³-hybridized carbons (Fsp3) is 0.435. The van der Waals surface area contributed by atoms with Crippen LogP contribution < -0.4 is 19.5 Å². The molecule has 0 aliphatic heterocycles. The van der Waals surface area contributed by atoms with Crippen LogP contribution in [0, 0.1) is 0 Å². The lowest BCUT2D eigenvalue weighted by Gasteiger charge is -2.19. The van der Waals surface area contributed by atoms with E-state index < -0.39 is 0 Å². The molecule has 152 valence electrons. The molecule has 0 unspecified atom stereocenters. The van der Waals surface area contributed by atoms with Gasteiger partial charge in [-0.1, -0.05) is 32.9 Å². The minimum Gasteiger partial charge on any atom is -0.492 e. The Morgan fingerprint density at radius 1 is 0.893 bits per heavy atom. The number of benzene rings is 2. The van der Waals surface area contributed by atoms with Gasteiger partial charge >= 0.3 is 0 Å². The van der Waals surface area contributed by atoms with Gasteiger partial charge in [0.2, 0.25) is 0 Å². The number of carbonyl (C=O) groups excluding carboxylic acids is 1. The highest BCUT2D eigenvalue weighted by molar-refractivity contribution is 5.94. The second kappa shape index (κ2) is 10.0. The Morgan fingerprint density at radius 3 is 2.14 bits per heavy atom. The Kier molecular flexibility index (Phi) is 7.73. The molecule has 28 heavy (non-hydrogen) atoms. The number of carbonyl (C=O) groups is 1. The van der Waals surface area contributed by atoms with E-state index in [0.717, 1.165) is 5.75 Å². The maximum absolute atomic E-state index is 12.4. The van der Waals surface area contributed by atoms with E-state index in [0.29, 0.717) is 43.4 Å². The normalized spacial score (nSPS) is 11.0. The molecule has 1 N–H and O–H groups in total. The van der Waals surface area contributed by atoms with Crippen LogP contribution in [0.5, 0.6) is 17.2 Å². The third kappa shape index (κ3) is 6.19. The molecule has 0 fully saturated rings. The number of hydrogen-bond acceptors (Lipinski definition) is 4. The van der Waals surface area contributed by atoms with Crippen LogP contribution in [0.1, 0.15) is 50.5 Å². The van der Waals surface area contributed by atoms with Crippen LogP contribution in [0.25, 0.3) is 0 Å². The molecule has 0 saturated carbocycles. The quantitative estimate of drug-likeness (QED) is 0.642. The highest BCUT2D eigenvalue weighted by Gasteiger charge is 2.13. The zero-order chi connectivity index (χ0) is 20.6. The standard InChI is InChI=1S/C23H31NO4/c1-6-26-20-13-8-17(16-21(20)27-7-2)22(25)24-14-15-28-19-11-9-18(10-12-19)23(3,4)5/h8-13,16H,6-7,14-15H2,1-5H3,(H,24,25). The largest absolute Gasteiger partial charge is 0.492 e. The molecule has 0 spiro atoms. The number of hydrogen-bond donors (Lipinski definition) is 1. The van der Waals surface area contributed by atoms with Gasteiger partial charge in [0.15, 0.2) is 11.5 Å². The highest BCUT2D eigenvalue weighted by Crippen LogP contribution is 2.28. The minimum absolute atomic E-state index is 0.116. The average Bonchev–Trinajstić information content (AvgIpc) is 2.66. The third-order valence-corrected chi connectivity index (χ3v) is 4.18. The van der Waals surface area contributed by atoms with Gasteiger partial charge in [0, 0.05) is 5.56 Å². The Labute approximate surface area is 168 Å². The summed E-state index contributed by atoms with van der Waals surface area (Å²) in [4.78, 5) is 12.4. The Hall–Kier alpha value is -2.69. The van der Waals surface area contributed by atoms with E-state index in [1.165, 1.54) is 5.56 Å². The molecular formula is C23H31NO4. The third-order valence-electron chi connectivity index (χ3n) is 4.18. The zero-order valence-corrected chi connectivity index (χ0v) is 17.5. The average molecular weight is 386 g/mol. The lowest BCUT2D eigenvalue weighted by Crippen LogP contribution is -2.28. The van der Waals surface area contributed by atoms with Crippen molar-refractivity contribution in [1.82, 2.24) is 5.32 Å². The number of rotatable bonds is 9. The van der Waals surface area contributed by atoms with Crippen molar-refractivity contribution in [1.29, 1.82) is 0 Å². The van der Waals surface area contributed by atoms with Crippen LogP contribution >= 0.6 is 0 Å². The molecule has 2 aromatic carbocycles. The maximum Gasteiger partial charge on any atom is 0.251 e. The van der Waals surface area contributed by atoms with Gasteiger partial charge < -0.3 is 19.5 Å². The first-order valence-electron chi connectivity index (χ1n) is 9.76. The van der Waals surface area contributed by atoms with Crippen LogP contribution in [0.2, 0.25) is 0 Å². The number of nitrogens with one attached hydrogen (secondary N) is 1. The van der Waals surface area contributed by atoms with Gasteiger partial charge in [-0.05, 0) is 55.2 Å². The summed E-state index contributed by atoms with van der Waals surface area (Å²) in [6.45, 7) is 12.2. The van der Waals surface area contributed by atoms with Gasteiger partial charge in [0.25, 0.3) is 5.91 Å².